The van der Waals surface area contributed by atoms with Gasteiger partial charge in [-0.05, 0) is 56.7 Å². The van der Waals surface area contributed by atoms with Gasteiger partial charge in [-0.3, -0.25) is 0 Å². The number of aryl methyl sites for hydroxylation is 2. The maximum atomic E-state index is 6.15. The van der Waals surface area contributed by atoms with Crippen LogP contribution in [0.4, 0.5) is 0 Å². The average Bonchev–Trinajstić information content (AvgIpc) is 2.52. The highest BCUT2D eigenvalue weighted by molar-refractivity contribution is 5.36. The first-order valence-electron chi connectivity index (χ1n) is 6.49. The molecular weight excluding hydrogens is 196 g/mol. The van der Waals surface area contributed by atoms with Gasteiger partial charge < -0.3 is 4.74 Å². The first-order chi connectivity index (χ1) is 7.75. The Morgan fingerprint density at radius 1 is 1.00 bits per heavy atom. The molecule has 0 aliphatic heterocycles. The fourth-order valence-corrected chi connectivity index (χ4v) is 2.37. The van der Waals surface area contributed by atoms with Crippen molar-refractivity contribution in [1.82, 2.24) is 0 Å². The third-order valence-corrected chi connectivity index (χ3v) is 3.44. The van der Waals surface area contributed by atoms with Crippen LogP contribution in [-0.4, -0.2) is 6.10 Å². The predicted octanol–water partition coefficient (Wildman–Crippen LogP) is 4.41. The summed E-state index contributed by atoms with van der Waals surface area (Å²) in [5.74, 6) is 1.09. The van der Waals surface area contributed by atoms with E-state index in [1.807, 2.05) is 0 Å². The van der Waals surface area contributed by atoms with Crippen LogP contribution in [0.25, 0.3) is 0 Å². The molecular formula is C15H22O. The van der Waals surface area contributed by atoms with Crippen molar-refractivity contribution < 1.29 is 4.74 Å². The van der Waals surface area contributed by atoms with Gasteiger partial charge in [0.15, 0.2) is 0 Å². The normalized spacial score (nSPS) is 18.1. The molecule has 0 N–H and O–H groups in total. The Morgan fingerprint density at radius 3 is 2.38 bits per heavy atom. The standard InChI is InChI=1S/C15H22O/c1-12-9-10-13(2)15(11-12)16-14-7-5-3-4-6-8-14/h9-11,14H,3-8H2,1-2H3. The van der Waals surface area contributed by atoms with E-state index in [0.717, 1.165) is 5.75 Å². The van der Waals surface area contributed by atoms with Gasteiger partial charge >= 0.3 is 0 Å². The summed E-state index contributed by atoms with van der Waals surface area (Å²) in [6.45, 7) is 4.25. The molecule has 1 aromatic rings. The molecule has 1 aromatic carbocycles. The fourth-order valence-electron chi connectivity index (χ4n) is 2.37. The van der Waals surface area contributed by atoms with E-state index in [0.29, 0.717) is 6.10 Å². The van der Waals surface area contributed by atoms with Crippen LogP contribution in [-0.2, 0) is 0 Å². The minimum absolute atomic E-state index is 0.447. The van der Waals surface area contributed by atoms with Crippen molar-refractivity contribution in [3.8, 4) is 5.75 Å². The van der Waals surface area contributed by atoms with E-state index in [1.165, 1.54) is 49.7 Å². The van der Waals surface area contributed by atoms with Crippen LogP contribution >= 0.6 is 0 Å². The second-order valence-corrected chi connectivity index (χ2v) is 5.00. The third-order valence-electron chi connectivity index (χ3n) is 3.44. The molecule has 0 radical (unpaired) electrons. The monoisotopic (exact) mass is 218 g/mol. The lowest BCUT2D eigenvalue weighted by molar-refractivity contribution is 0.182. The van der Waals surface area contributed by atoms with E-state index in [1.54, 1.807) is 0 Å². The topological polar surface area (TPSA) is 9.23 Å². The molecule has 0 aromatic heterocycles. The Hall–Kier alpha value is -0.980. The Bertz CT molecular complexity index is 335. The van der Waals surface area contributed by atoms with Gasteiger partial charge in [0.05, 0.1) is 6.10 Å². The van der Waals surface area contributed by atoms with Gasteiger partial charge in [-0.1, -0.05) is 25.0 Å². The highest BCUT2D eigenvalue weighted by Gasteiger charge is 2.14. The molecule has 0 spiro atoms. The maximum absolute atomic E-state index is 6.15. The smallest absolute Gasteiger partial charge is 0.122 e. The molecule has 16 heavy (non-hydrogen) atoms. The number of ether oxygens (including phenoxy) is 1. The molecule has 0 saturated heterocycles. The zero-order valence-electron chi connectivity index (χ0n) is 10.5. The molecule has 1 aliphatic rings. The van der Waals surface area contributed by atoms with Crippen LogP contribution in [0.1, 0.15) is 49.7 Å². The molecule has 1 aliphatic carbocycles. The molecule has 0 heterocycles. The first-order valence-corrected chi connectivity index (χ1v) is 6.49. The lowest BCUT2D eigenvalue weighted by Crippen LogP contribution is -2.15. The Morgan fingerprint density at radius 2 is 1.69 bits per heavy atom. The molecule has 1 nitrogen and oxygen atoms in total. The molecule has 2 rings (SSSR count). The summed E-state index contributed by atoms with van der Waals surface area (Å²) in [6, 6.07) is 6.47. The lowest BCUT2D eigenvalue weighted by atomic mass is 10.1. The van der Waals surface area contributed by atoms with Crippen LogP contribution in [0.5, 0.6) is 5.75 Å². The highest BCUT2D eigenvalue weighted by atomic mass is 16.5. The van der Waals surface area contributed by atoms with Gasteiger partial charge in [-0.15, -0.1) is 0 Å². The highest BCUT2D eigenvalue weighted by Crippen LogP contribution is 2.25. The summed E-state index contributed by atoms with van der Waals surface area (Å²) in [5, 5.41) is 0. The van der Waals surface area contributed by atoms with E-state index >= 15 is 0 Å². The van der Waals surface area contributed by atoms with Gasteiger partial charge in [0, 0.05) is 0 Å². The van der Waals surface area contributed by atoms with E-state index in [2.05, 4.69) is 32.0 Å². The van der Waals surface area contributed by atoms with E-state index < -0.39 is 0 Å². The van der Waals surface area contributed by atoms with Crippen molar-refractivity contribution >= 4 is 0 Å². The van der Waals surface area contributed by atoms with Crippen LogP contribution < -0.4 is 4.74 Å². The lowest BCUT2D eigenvalue weighted by Gasteiger charge is -2.18. The van der Waals surface area contributed by atoms with Crippen molar-refractivity contribution in [2.75, 3.05) is 0 Å². The number of rotatable bonds is 2. The number of benzene rings is 1. The molecule has 88 valence electrons. The SMILES string of the molecule is Cc1ccc(C)c(OC2CCCCCC2)c1. The van der Waals surface area contributed by atoms with Gasteiger partial charge in [0.25, 0.3) is 0 Å². The van der Waals surface area contributed by atoms with Crippen molar-refractivity contribution in [2.45, 2.75) is 58.5 Å². The number of hydrogen-bond acceptors (Lipinski definition) is 1. The average molecular weight is 218 g/mol. The second-order valence-electron chi connectivity index (χ2n) is 5.00. The van der Waals surface area contributed by atoms with Crippen LogP contribution in [0.3, 0.4) is 0 Å². The summed E-state index contributed by atoms with van der Waals surface area (Å²) in [5.41, 5.74) is 2.55. The molecule has 1 fully saturated rings. The maximum Gasteiger partial charge on any atom is 0.122 e. The van der Waals surface area contributed by atoms with E-state index in [9.17, 15) is 0 Å². The Balaban J connectivity index is 2.04. The van der Waals surface area contributed by atoms with Crippen molar-refractivity contribution in [3.05, 3.63) is 29.3 Å². The Labute approximate surface area is 98.8 Å². The van der Waals surface area contributed by atoms with Gasteiger partial charge in [0.2, 0.25) is 0 Å². The summed E-state index contributed by atoms with van der Waals surface area (Å²) in [6.07, 6.45) is 8.33. The molecule has 1 heteroatoms. The molecule has 1 saturated carbocycles. The van der Waals surface area contributed by atoms with Gasteiger partial charge in [-0.2, -0.15) is 0 Å². The number of hydrogen-bond donors (Lipinski definition) is 0. The van der Waals surface area contributed by atoms with Crippen molar-refractivity contribution in [3.63, 3.8) is 0 Å². The minimum atomic E-state index is 0.447. The minimum Gasteiger partial charge on any atom is -0.490 e. The largest absolute Gasteiger partial charge is 0.490 e. The quantitative estimate of drug-likeness (QED) is 0.668. The third kappa shape index (κ3) is 3.01. The fraction of sp³-hybridized carbons (Fsp3) is 0.600. The predicted molar refractivity (Wildman–Crippen MR) is 68.0 cm³/mol. The molecule has 0 amide bonds. The van der Waals surface area contributed by atoms with Crippen molar-refractivity contribution in [1.29, 1.82) is 0 Å². The zero-order valence-corrected chi connectivity index (χ0v) is 10.5. The summed E-state index contributed by atoms with van der Waals surface area (Å²) in [7, 11) is 0. The van der Waals surface area contributed by atoms with E-state index in [-0.39, 0.29) is 0 Å². The summed E-state index contributed by atoms with van der Waals surface area (Å²) < 4.78 is 6.15. The van der Waals surface area contributed by atoms with Gasteiger partial charge in [0.1, 0.15) is 5.75 Å². The summed E-state index contributed by atoms with van der Waals surface area (Å²) in [4.78, 5) is 0. The second kappa shape index (κ2) is 5.38. The molecule has 0 bridgehead atoms. The van der Waals surface area contributed by atoms with E-state index in [4.69, 9.17) is 4.74 Å². The summed E-state index contributed by atoms with van der Waals surface area (Å²) >= 11 is 0. The zero-order chi connectivity index (χ0) is 11.4. The Kier molecular flexibility index (Phi) is 3.87. The van der Waals surface area contributed by atoms with Crippen LogP contribution in [0.15, 0.2) is 18.2 Å². The van der Waals surface area contributed by atoms with Gasteiger partial charge in [-0.25, -0.2) is 0 Å². The molecule has 0 unspecified atom stereocenters. The van der Waals surface area contributed by atoms with Crippen molar-refractivity contribution in [2.24, 2.45) is 0 Å². The first kappa shape index (κ1) is 11.5. The van der Waals surface area contributed by atoms with Crippen LogP contribution in [0.2, 0.25) is 0 Å². The van der Waals surface area contributed by atoms with Crippen LogP contribution in [0, 0.1) is 13.8 Å². The molecule has 0 atom stereocenters.